The average molecular weight is 608 g/mol. The average Bonchev–Trinajstić information content (AvgIpc) is 3.52. The molecule has 4 aromatic rings. The van der Waals surface area contributed by atoms with Gasteiger partial charge in [0.15, 0.2) is 25.5 Å². The number of rotatable bonds is 10. The molecule has 0 unspecified atom stereocenters. The number of nitrogens with zero attached hydrogens (tertiary/aromatic N) is 6. The number of hydrogen-bond acceptors (Lipinski definition) is 7. The molecule has 3 aromatic heterocycles. The zero-order valence-electron chi connectivity index (χ0n) is 24.4. The monoisotopic (exact) mass is 607 g/mol. The molecule has 0 saturated carbocycles. The summed E-state index contributed by atoms with van der Waals surface area (Å²) in [5, 5.41) is 11.2. The molecule has 0 radical (unpaired) electrons. The molecule has 226 valence electrons. The van der Waals surface area contributed by atoms with Gasteiger partial charge >= 0.3 is 6.55 Å². The van der Waals surface area contributed by atoms with Crippen LogP contribution in [0.1, 0.15) is 67.5 Å². The highest BCUT2D eigenvalue weighted by Crippen LogP contribution is 2.40. The van der Waals surface area contributed by atoms with Gasteiger partial charge in [-0.25, -0.2) is 13.8 Å². The van der Waals surface area contributed by atoms with E-state index in [1.54, 1.807) is 19.9 Å². The van der Waals surface area contributed by atoms with Gasteiger partial charge in [0, 0.05) is 5.69 Å². The Morgan fingerprint density at radius 3 is 2.29 bits per heavy atom. The lowest BCUT2D eigenvalue weighted by atomic mass is 9.86. The maximum Gasteiger partial charge on any atom is 0.350 e. The molecule has 0 aliphatic rings. The third-order valence-corrected chi connectivity index (χ3v) is 12.2. The molecule has 10 nitrogen and oxygen atoms in total. The van der Waals surface area contributed by atoms with E-state index < -0.39 is 44.4 Å². The second-order valence-electron chi connectivity index (χ2n) is 11.7. The van der Waals surface area contributed by atoms with Gasteiger partial charge in [-0.15, -0.1) is 10.2 Å². The lowest BCUT2D eigenvalue weighted by Gasteiger charge is -2.39. The summed E-state index contributed by atoms with van der Waals surface area (Å²) in [4.78, 5) is 17.3. The smallest absolute Gasteiger partial charge is 0.350 e. The SMILES string of the molecule is Cc1nc2c(OCc3c(F)cccc3F)ccc([C@@](C)(CO[Si](C)(C)C(C)(C)C)c3nnn(C(F)F)n3)n2c1C(N)=O. The van der Waals surface area contributed by atoms with Gasteiger partial charge in [-0.05, 0) is 61.5 Å². The second kappa shape index (κ2) is 11.1. The molecule has 1 aromatic carbocycles. The first-order valence-electron chi connectivity index (χ1n) is 13.1. The molecule has 4 rings (SSSR count). The molecular weight excluding hydrogens is 574 g/mol. The minimum absolute atomic E-state index is 0.0117. The lowest BCUT2D eigenvalue weighted by Crippen LogP contribution is -2.45. The van der Waals surface area contributed by atoms with E-state index in [0.29, 0.717) is 5.69 Å². The molecular formula is C27H33F4N7O3Si. The number of nitrogens with two attached hydrogens (primary N) is 1. The number of carbonyl (C=O) groups is 1. The number of imidazole rings is 1. The quantitative estimate of drug-likeness (QED) is 0.192. The number of fused-ring (bicyclic) bond motifs is 1. The van der Waals surface area contributed by atoms with Gasteiger partial charge in [0.05, 0.1) is 23.3 Å². The van der Waals surface area contributed by atoms with Crippen molar-refractivity contribution in [3.05, 3.63) is 70.4 Å². The lowest BCUT2D eigenvalue weighted by molar-refractivity contribution is 0.0390. The Morgan fingerprint density at radius 1 is 1.10 bits per heavy atom. The highest BCUT2D eigenvalue weighted by atomic mass is 28.4. The van der Waals surface area contributed by atoms with Crippen LogP contribution in [0, 0.1) is 18.6 Å². The number of halogens is 4. The number of benzene rings is 1. The van der Waals surface area contributed by atoms with E-state index >= 15 is 0 Å². The molecule has 0 aliphatic heterocycles. The molecule has 0 saturated heterocycles. The van der Waals surface area contributed by atoms with E-state index in [1.165, 1.54) is 16.5 Å². The van der Waals surface area contributed by atoms with Gasteiger partial charge in [0.1, 0.15) is 23.9 Å². The van der Waals surface area contributed by atoms with Crippen LogP contribution in [0.25, 0.3) is 5.65 Å². The number of aromatic nitrogens is 6. The number of hydrogen-bond donors (Lipinski definition) is 1. The molecule has 0 bridgehead atoms. The second-order valence-corrected chi connectivity index (χ2v) is 16.5. The number of primary amides is 1. The van der Waals surface area contributed by atoms with Gasteiger partial charge in [0.2, 0.25) is 0 Å². The van der Waals surface area contributed by atoms with E-state index in [0.717, 1.165) is 12.1 Å². The van der Waals surface area contributed by atoms with Crippen LogP contribution in [0.2, 0.25) is 18.1 Å². The first-order valence-corrected chi connectivity index (χ1v) is 16.0. The molecule has 15 heteroatoms. The fraction of sp³-hybridized carbons (Fsp3) is 0.444. The van der Waals surface area contributed by atoms with Gasteiger partial charge in [-0.2, -0.15) is 8.78 Å². The van der Waals surface area contributed by atoms with E-state index in [4.69, 9.17) is 14.9 Å². The first-order chi connectivity index (χ1) is 19.5. The van der Waals surface area contributed by atoms with Crippen LogP contribution in [0.4, 0.5) is 17.6 Å². The van der Waals surface area contributed by atoms with E-state index in [-0.39, 0.29) is 50.6 Å². The molecule has 3 heterocycles. The first kappa shape index (κ1) is 31.1. The van der Waals surface area contributed by atoms with Crippen LogP contribution in [0.15, 0.2) is 30.3 Å². The minimum Gasteiger partial charge on any atom is -0.485 e. The predicted molar refractivity (Wildman–Crippen MR) is 148 cm³/mol. The Bertz CT molecular complexity index is 1610. The summed E-state index contributed by atoms with van der Waals surface area (Å²) >= 11 is 0. The molecule has 0 spiro atoms. The zero-order chi connectivity index (χ0) is 31.2. The Kier molecular flexibility index (Phi) is 8.21. The van der Waals surface area contributed by atoms with Crippen molar-refractivity contribution in [1.29, 1.82) is 0 Å². The van der Waals surface area contributed by atoms with E-state index in [2.05, 4.69) is 41.2 Å². The van der Waals surface area contributed by atoms with Crippen molar-refractivity contribution in [1.82, 2.24) is 29.6 Å². The van der Waals surface area contributed by atoms with E-state index in [1.807, 2.05) is 13.1 Å². The minimum atomic E-state index is -3.04. The molecule has 1 amide bonds. The highest BCUT2D eigenvalue weighted by Gasteiger charge is 2.44. The van der Waals surface area contributed by atoms with Gasteiger partial charge < -0.3 is 14.9 Å². The van der Waals surface area contributed by atoms with Crippen molar-refractivity contribution in [3.8, 4) is 5.75 Å². The summed E-state index contributed by atoms with van der Waals surface area (Å²) in [6, 6.07) is 6.52. The maximum absolute atomic E-state index is 14.3. The highest BCUT2D eigenvalue weighted by molar-refractivity contribution is 6.74. The number of ether oxygens (including phenoxy) is 1. The summed E-state index contributed by atoms with van der Waals surface area (Å²) in [7, 11) is -2.41. The number of pyridine rings is 1. The van der Waals surface area contributed by atoms with Gasteiger partial charge in [0.25, 0.3) is 5.91 Å². The fourth-order valence-corrected chi connectivity index (χ4v) is 5.29. The van der Waals surface area contributed by atoms with E-state index in [9.17, 15) is 22.4 Å². The van der Waals surface area contributed by atoms with Gasteiger partial charge in [-0.1, -0.05) is 31.6 Å². The number of aryl methyl sites for hydroxylation is 1. The predicted octanol–water partition coefficient (Wildman–Crippen LogP) is 5.31. The van der Waals surface area contributed by atoms with Gasteiger partial charge in [-0.3, -0.25) is 9.20 Å². The summed E-state index contributed by atoms with van der Waals surface area (Å²) in [5.41, 5.74) is 4.78. The van der Waals surface area contributed by atoms with Crippen molar-refractivity contribution >= 4 is 19.9 Å². The largest absolute Gasteiger partial charge is 0.485 e. The third kappa shape index (κ3) is 5.62. The van der Waals surface area contributed by atoms with Crippen molar-refractivity contribution in [3.63, 3.8) is 0 Å². The fourth-order valence-electron chi connectivity index (χ4n) is 4.21. The van der Waals surface area contributed by atoms with Crippen LogP contribution in [0.5, 0.6) is 5.75 Å². The van der Waals surface area contributed by atoms with Crippen LogP contribution in [-0.2, 0) is 16.4 Å². The van der Waals surface area contributed by atoms with Crippen LogP contribution in [0.3, 0.4) is 0 Å². The molecule has 2 N–H and O–H groups in total. The van der Waals surface area contributed by atoms with Crippen LogP contribution < -0.4 is 10.5 Å². The van der Waals surface area contributed by atoms with Crippen molar-refractivity contribution in [2.45, 2.75) is 71.3 Å². The maximum atomic E-state index is 14.3. The molecule has 42 heavy (non-hydrogen) atoms. The van der Waals surface area contributed by atoms with Crippen LogP contribution >= 0.6 is 0 Å². The number of alkyl halides is 2. The number of amides is 1. The third-order valence-electron chi connectivity index (χ3n) is 7.76. The zero-order valence-corrected chi connectivity index (χ0v) is 25.4. The summed E-state index contributed by atoms with van der Waals surface area (Å²) < 4.78 is 69.3. The van der Waals surface area contributed by atoms with Crippen molar-refractivity contribution in [2.24, 2.45) is 5.73 Å². The summed E-state index contributed by atoms with van der Waals surface area (Å²) in [6.07, 6.45) is 0. The Morgan fingerprint density at radius 2 is 1.74 bits per heavy atom. The molecule has 0 aliphatic carbocycles. The molecule has 0 fully saturated rings. The Balaban J connectivity index is 1.92. The summed E-state index contributed by atoms with van der Waals surface area (Å²) in [5.74, 6) is -2.40. The normalized spacial score (nSPS) is 14.0. The van der Waals surface area contributed by atoms with Crippen molar-refractivity contribution < 1.29 is 31.5 Å². The Labute approximate surface area is 241 Å². The summed E-state index contributed by atoms with van der Waals surface area (Å²) in [6.45, 7) is 9.87. The number of tetrazole rings is 1. The van der Waals surface area contributed by atoms with Crippen LogP contribution in [-0.4, -0.2) is 50.4 Å². The van der Waals surface area contributed by atoms with Crippen molar-refractivity contribution in [2.75, 3.05) is 6.61 Å². The topological polar surface area (TPSA) is 122 Å². The Hall–Kier alpha value is -3.85. The molecule has 1 atom stereocenters. The number of carbonyl (C=O) groups excluding carboxylic acids is 1. The standard InChI is InChI=1S/C27H33F4N7O3Si/c1-15-21(22(32)39)37-20(12-11-19(23(37)33-15)40-13-16-17(28)9-8-10-18(16)29)27(5,14-41-42(6,7)26(2,3)4)24-34-36-38(35-24)25(30)31/h8-12,25H,13-14H2,1-7H3,(H2,32,39)/t27-/m1/s1.